The molecular formula is C40H44N4O4. The van der Waals surface area contributed by atoms with E-state index in [9.17, 15) is 9.59 Å². The normalized spacial score (nSPS) is 15.2. The van der Waals surface area contributed by atoms with E-state index in [1.54, 1.807) is 17.3 Å². The molecule has 0 saturated carbocycles. The van der Waals surface area contributed by atoms with Gasteiger partial charge >= 0.3 is 6.09 Å². The highest BCUT2D eigenvalue weighted by Crippen LogP contribution is 2.34. The summed E-state index contributed by atoms with van der Waals surface area (Å²) in [6.07, 6.45) is 3.54. The van der Waals surface area contributed by atoms with E-state index < -0.39 is 5.60 Å². The predicted molar refractivity (Wildman–Crippen MR) is 188 cm³/mol. The number of amides is 2. The van der Waals surface area contributed by atoms with E-state index in [1.807, 2.05) is 69.3 Å². The van der Waals surface area contributed by atoms with Gasteiger partial charge in [-0.15, -0.1) is 0 Å². The lowest BCUT2D eigenvalue weighted by Crippen LogP contribution is -2.50. The van der Waals surface area contributed by atoms with Gasteiger partial charge in [-0.05, 0) is 92.8 Å². The molecule has 0 radical (unpaired) electrons. The number of fused-ring (bicyclic) bond motifs is 1. The lowest BCUT2D eigenvalue weighted by atomic mass is 9.93. The molecule has 1 aliphatic rings. The van der Waals surface area contributed by atoms with Crippen molar-refractivity contribution >= 4 is 23.0 Å². The first kappa shape index (κ1) is 33.0. The number of nitrogens with one attached hydrogen (secondary N) is 1. The molecule has 6 rings (SSSR count). The molecule has 2 aromatic heterocycles. The SMILES string of the molecule is Cc1ccc(C(NC(=O)Cc2ccc3oc(C(c4ccncc4)N4CCN(C(=O)OC(C)(C)C)CC4)cc3c2)c2ccccc2)c(C)c1. The second-order valence-corrected chi connectivity index (χ2v) is 13.7. The summed E-state index contributed by atoms with van der Waals surface area (Å²) in [5.41, 5.74) is 6.66. The number of aromatic nitrogens is 1. The fourth-order valence-corrected chi connectivity index (χ4v) is 6.48. The van der Waals surface area contributed by atoms with Crippen LogP contribution < -0.4 is 5.32 Å². The summed E-state index contributed by atoms with van der Waals surface area (Å²) in [6.45, 7) is 12.3. The average molecular weight is 645 g/mol. The van der Waals surface area contributed by atoms with E-state index in [1.165, 1.54) is 5.56 Å². The maximum Gasteiger partial charge on any atom is 0.410 e. The Hall–Kier alpha value is -4.95. The number of benzene rings is 3. The second kappa shape index (κ2) is 14.0. The molecule has 1 saturated heterocycles. The summed E-state index contributed by atoms with van der Waals surface area (Å²) in [5.74, 6) is 0.756. The molecule has 2 amide bonds. The zero-order valence-electron chi connectivity index (χ0n) is 28.4. The van der Waals surface area contributed by atoms with Crippen molar-refractivity contribution in [3.63, 3.8) is 0 Å². The van der Waals surface area contributed by atoms with Crippen LogP contribution in [0.25, 0.3) is 11.0 Å². The third kappa shape index (κ3) is 7.77. The van der Waals surface area contributed by atoms with Gasteiger partial charge in [-0.2, -0.15) is 0 Å². The molecular weight excluding hydrogens is 600 g/mol. The fourth-order valence-electron chi connectivity index (χ4n) is 6.48. The lowest BCUT2D eigenvalue weighted by Gasteiger charge is -2.39. The number of hydrogen-bond donors (Lipinski definition) is 1. The maximum absolute atomic E-state index is 13.6. The second-order valence-electron chi connectivity index (χ2n) is 13.7. The summed E-state index contributed by atoms with van der Waals surface area (Å²) in [6, 6.07) is 28.1. The van der Waals surface area contributed by atoms with Crippen LogP contribution in [-0.4, -0.2) is 58.6 Å². The van der Waals surface area contributed by atoms with Crippen LogP contribution >= 0.6 is 0 Å². The van der Waals surface area contributed by atoms with Crippen molar-refractivity contribution in [3.05, 3.63) is 136 Å². The summed E-state index contributed by atoms with van der Waals surface area (Å²) in [5, 5.41) is 4.25. The smallest absolute Gasteiger partial charge is 0.410 e. The molecule has 3 aromatic carbocycles. The minimum Gasteiger partial charge on any atom is -0.459 e. The molecule has 0 bridgehead atoms. The first-order chi connectivity index (χ1) is 23.0. The first-order valence-corrected chi connectivity index (χ1v) is 16.6. The first-order valence-electron chi connectivity index (χ1n) is 16.6. The Bertz CT molecular complexity index is 1870. The van der Waals surface area contributed by atoms with Gasteiger partial charge < -0.3 is 19.4 Å². The Morgan fingerprint density at radius 2 is 1.60 bits per heavy atom. The van der Waals surface area contributed by atoms with E-state index in [2.05, 4.69) is 65.4 Å². The highest BCUT2D eigenvalue weighted by Gasteiger charge is 2.32. The third-order valence-corrected chi connectivity index (χ3v) is 8.76. The van der Waals surface area contributed by atoms with Crippen LogP contribution in [0.15, 0.2) is 102 Å². The molecule has 2 unspecified atom stereocenters. The number of furan rings is 1. The summed E-state index contributed by atoms with van der Waals surface area (Å²) in [4.78, 5) is 34.6. The zero-order valence-corrected chi connectivity index (χ0v) is 28.4. The highest BCUT2D eigenvalue weighted by atomic mass is 16.6. The minimum atomic E-state index is -0.536. The molecule has 1 aliphatic heterocycles. The van der Waals surface area contributed by atoms with Gasteiger partial charge in [0.2, 0.25) is 5.91 Å². The van der Waals surface area contributed by atoms with Crippen molar-refractivity contribution < 1.29 is 18.7 Å². The van der Waals surface area contributed by atoms with Crippen LogP contribution in [0.1, 0.15) is 72.0 Å². The van der Waals surface area contributed by atoms with Gasteiger partial charge in [0.25, 0.3) is 0 Å². The van der Waals surface area contributed by atoms with E-state index in [-0.39, 0.29) is 30.5 Å². The molecule has 1 N–H and O–H groups in total. The van der Waals surface area contributed by atoms with Crippen LogP contribution in [-0.2, 0) is 16.0 Å². The Balaban J connectivity index is 1.21. The maximum atomic E-state index is 13.6. The number of rotatable bonds is 8. The van der Waals surface area contributed by atoms with Gasteiger partial charge in [0.05, 0.1) is 18.5 Å². The standard InChI is InChI=1S/C40H44N4O4/c1-27-11-13-33(28(2)23-27)37(30-9-7-6-8-10-30)42-36(45)25-29-12-14-34-32(24-29)26-35(47-34)38(31-15-17-41-18-16-31)43-19-21-44(22-20-43)39(46)48-40(3,4)5/h6-18,23-24,26,37-38H,19-22,25H2,1-5H3,(H,42,45). The van der Waals surface area contributed by atoms with Crippen molar-refractivity contribution in [3.8, 4) is 0 Å². The largest absolute Gasteiger partial charge is 0.459 e. The molecule has 1 fully saturated rings. The molecule has 3 heterocycles. The van der Waals surface area contributed by atoms with E-state index >= 15 is 0 Å². The number of nitrogens with zero attached hydrogens (tertiary/aromatic N) is 3. The van der Waals surface area contributed by atoms with Crippen molar-refractivity contribution in [2.24, 2.45) is 0 Å². The number of piperazine rings is 1. The van der Waals surface area contributed by atoms with Crippen LogP contribution in [0, 0.1) is 13.8 Å². The van der Waals surface area contributed by atoms with E-state index in [0.717, 1.165) is 44.5 Å². The molecule has 48 heavy (non-hydrogen) atoms. The summed E-state index contributed by atoms with van der Waals surface area (Å²) >= 11 is 0. The van der Waals surface area contributed by atoms with Gasteiger partial charge in [0.1, 0.15) is 16.9 Å². The van der Waals surface area contributed by atoms with Crippen molar-refractivity contribution in [2.45, 2.75) is 58.7 Å². The molecule has 248 valence electrons. The quantitative estimate of drug-likeness (QED) is 0.188. The third-order valence-electron chi connectivity index (χ3n) is 8.76. The average Bonchev–Trinajstić information content (AvgIpc) is 3.47. The number of carbonyl (C=O) groups excluding carboxylic acids is 2. The van der Waals surface area contributed by atoms with Gasteiger partial charge in [0, 0.05) is 44.0 Å². The molecule has 5 aromatic rings. The summed E-state index contributed by atoms with van der Waals surface area (Å²) in [7, 11) is 0. The molecule has 8 heteroatoms. The van der Waals surface area contributed by atoms with Crippen molar-refractivity contribution in [1.29, 1.82) is 0 Å². The minimum absolute atomic E-state index is 0.0515. The number of hydrogen-bond acceptors (Lipinski definition) is 6. The lowest BCUT2D eigenvalue weighted by molar-refractivity contribution is -0.120. The number of aryl methyl sites for hydroxylation is 2. The Kier molecular flexibility index (Phi) is 9.64. The van der Waals surface area contributed by atoms with Crippen LogP contribution in [0.5, 0.6) is 0 Å². The van der Waals surface area contributed by atoms with Gasteiger partial charge in [-0.25, -0.2) is 4.79 Å². The highest BCUT2D eigenvalue weighted by molar-refractivity contribution is 5.83. The van der Waals surface area contributed by atoms with Crippen molar-refractivity contribution in [1.82, 2.24) is 20.1 Å². The molecule has 8 nitrogen and oxygen atoms in total. The zero-order chi connectivity index (χ0) is 33.8. The van der Waals surface area contributed by atoms with Crippen LogP contribution in [0.4, 0.5) is 4.79 Å². The van der Waals surface area contributed by atoms with Crippen molar-refractivity contribution in [2.75, 3.05) is 26.2 Å². The fraction of sp³-hybridized carbons (Fsp3) is 0.325. The van der Waals surface area contributed by atoms with Crippen LogP contribution in [0.2, 0.25) is 0 Å². The topological polar surface area (TPSA) is 87.9 Å². The number of ether oxygens (including phenoxy) is 1. The number of pyridine rings is 1. The van der Waals surface area contributed by atoms with Gasteiger partial charge in [-0.1, -0.05) is 60.2 Å². The van der Waals surface area contributed by atoms with E-state index in [4.69, 9.17) is 9.15 Å². The summed E-state index contributed by atoms with van der Waals surface area (Å²) < 4.78 is 12.1. The van der Waals surface area contributed by atoms with Gasteiger partial charge in [0.15, 0.2) is 0 Å². The van der Waals surface area contributed by atoms with Gasteiger partial charge in [-0.3, -0.25) is 14.7 Å². The van der Waals surface area contributed by atoms with E-state index in [0.29, 0.717) is 26.2 Å². The van der Waals surface area contributed by atoms with Crippen LogP contribution in [0.3, 0.4) is 0 Å². The predicted octanol–water partition coefficient (Wildman–Crippen LogP) is 7.54. The Labute approximate surface area is 282 Å². The molecule has 0 spiro atoms. The molecule has 2 atom stereocenters. The molecule has 0 aliphatic carbocycles. The Morgan fingerprint density at radius 1 is 0.875 bits per heavy atom. The monoisotopic (exact) mass is 644 g/mol. The number of carbonyl (C=O) groups is 2. The Morgan fingerprint density at radius 3 is 2.29 bits per heavy atom.